The molecule has 0 saturated carbocycles. The third kappa shape index (κ3) is 3.34. The molecule has 1 aliphatic rings. The van der Waals surface area contributed by atoms with Crippen LogP contribution >= 0.6 is 34.8 Å². The van der Waals surface area contributed by atoms with Crippen molar-refractivity contribution in [2.24, 2.45) is 0 Å². The van der Waals surface area contributed by atoms with Crippen molar-refractivity contribution >= 4 is 46.6 Å². The lowest BCUT2D eigenvalue weighted by Crippen LogP contribution is -2.27. The number of phenols is 1. The van der Waals surface area contributed by atoms with Crippen LogP contribution in [0.15, 0.2) is 24.3 Å². The fraction of sp³-hybridized carbons (Fsp3) is 0.222. The number of ether oxygens (including phenoxy) is 2. The fourth-order valence-electron chi connectivity index (χ4n) is 2.66. The number of carbonyl (C=O) groups excluding carboxylic acids is 2. The van der Waals surface area contributed by atoms with E-state index in [1.165, 1.54) is 18.2 Å². The quantitative estimate of drug-likeness (QED) is 0.590. The van der Waals surface area contributed by atoms with Gasteiger partial charge in [-0.2, -0.15) is 0 Å². The minimum Gasteiger partial charge on any atom is -0.506 e. The molecule has 1 heterocycles. The van der Waals surface area contributed by atoms with E-state index in [0.29, 0.717) is 5.56 Å². The molecule has 5 nitrogen and oxygen atoms in total. The van der Waals surface area contributed by atoms with E-state index in [9.17, 15) is 14.7 Å². The van der Waals surface area contributed by atoms with Crippen molar-refractivity contribution in [1.29, 1.82) is 0 Å². The molecule has 0 fully saturated rings. The predicted molar refractivity (Wildman–Crippen MR) is 97.8 cm³/mol. The largest absolute Gasteiger partial charge is 0.506 e. The van der Waals surface area contributed by atoms with Crippen molar-refractivity contribution in [3.8, 4) is 11.5 Å². The lowest BCUT2D eigenvalue weighted by atomic mass is 9.99. The maximum Gasteiger partial charge on any atom is 0.347 e. The maximum absolute atomic E-state index is 12.8. The number of benzene rings is 2. The molecule has 0 amide bonds. The molecule has 136 valence electrons. The van der Waals surface area contributed by atoms with Crippen molar-refractivity contribution in [1.82, 2.24) is 0 Å². The van der Waals surface area contributed by atoms with Gasteiger partial charge in [0, 0.05) is 23.1 Å². The van der Waals surface area contributed by atoms with E-state index in [1.807, 2.05) is 0 Å². The monoisotopic (exact) mass is 414 g/mol. The highest BCUT2D eigenvalue weighted by atomic mass is 35.5. The lowest BCUT2D eigenvalue weighted by molar-refractivity contribution is -0.150. The number of rotatable bonds is 4. The van der Waals surface area contributed by atoms with E-state index in [4.69, 9.17) is 44.3 Å². The van der Waals surface area contributed by atoms with Crippen LogP contribution in [0.25, 0.3) is 0 Å². The van der Waals surface area contributed by atoms with Crippen LogP contribution in [0.1, 0.15) is 28.4 Å². The Labute approximate surface area is 164 Å². The SMILES string of the molecule is CCOC(=O)C1Cc2cc(C(=O)c3ccc(O)c(Cl)c3)c(Cl)c(Cl)c2O1. The van der Waals surface area contributed by atoms with Gasteiger partial charge in [0.1, 0.15) is 16.5 Å². The van der Waals surface area contributed by atoms with Gasteiger partial charge in [-0.15, -0.1) is 0 Å². The highest BCUT2D eigenvalue weighted by molar-refractivity contribution is 6.45. The molecule has 0 radical (unpaired) electrons. The number of fused-ring (bicyclic) bond motifs is 1. The standard InChI is InChI=1S/C18H13Cl3O5/c1-2-25-18(24)13-7-9-5-10(14(20)15(21)17(9)26-13)16(23)8-3-4-12(22)11(19)6-8/h3-6,13,22H,2,7H2,1H3. The second kappa shape index (κ2) is 7.35. The van der Waals surface area contributed by atoms with Gasteiger partial charge >= 0.3 is 5.97 Å². The van der Waals surface area contributed by atoms with Gasteiger partial charge in [0.15, 0.2) is 11.9 Å². The summed E-state index contributed by atoms with van der Waals surface area (Å²) in [5, 5.41) is 9.62. The lowest BCUT2D eigenvalue weighted by Gasteiger charge is -2.11. The second-order valence-electron chi connectivity index (χ2n) is 5.60. The van der Waals surface area contributed by atoms with Gasteiger partial charge in [0.2, 0.25) is 0 Å². The van der Waals surface area contributed by atoms with Crippen LogP contribution in [-0.4, -0.2) is 29.6 Å². The molecule has 0 saturated heterocycles. The molecule has 26 heavy (non-hydrogen) atoms. The first-order valence-electron chi connectivity index (χ1n) is 7.70. The minimum absolute atomic E-state index is 0.0177. The average molecular weight is 416 g/mol. The summed E-state index contributed by atoms with van der Waals surface area (Å²) in [7, 11) is 0. The fourth-order valence-corrected chi connectivity index (χ4v) is 3.33. The van der Waals surface area contributed by atoms with Crippen LogP contribution in [0.4, 0.5) is 0 Å². The zero-order chi connectivity index (χ0) is 19.0. The van der Waals surface area contributed by atoms with E-state index in [2.05, 4.69) is 0 Å². The Morgan fingerprint density at radius 3 is 2.62 bits per heavy atom. The predicted octanol–water partition coefficient (Wildman–Crippen LogP) is 4.45. The van der Waals surface area contributed by atoms with E-state index >= 15 is 0 Å². The zero-order valence-electron chi connectivity index (χ0n) is 13.5. The highest BCUT2D eigenvalue weighted by Gasteiger charge is 2.34. The summed E-state index contributed by atoms with van der Waals surface area (Å²) in [6.07, 6.45) is -0.603. The van der Waals surface area contributed by atoms with Crippen LogP contribution < -0.4 is 4.74 Å². The number of esters is 1. The number of halogens is 3. The van der Waals surface area contributed by atoms with Gasteiger partial charge in [-0.1, -0.05) is 34.8 Å². The van der Waals surface area contributed by atoms with Crippen molar-refractivity contribution in [3.63, 3.8) is 0 Å². The van der Waals surface area contributed by atoms with E-state index in [-0.39, 0.29) is 50.7 Å². The summed E-state index contributed by atoms with van der Waals surface area (Å²) in [6, 6.07) is 5.64. The Morgan fingerprint density at radius 1 is 1.23 bits per heavy atom. The van der Waals surface area contributed by atoms with Crippen molar-refractivity contribution in [2.75, 3.05) is 6.61 Å². The van der Waals surface area contributed by atoms with Crippen LogP contribution in [0, 0.1) is 0 Å². The summed E-state index contributed by atoms with van der Waals surface area (Å²) < 4.78 is 10.5. The number of carbonyl (C=O) groups is 2. The summed E-state index contributed by atoms with van der Waals surface area (Å²) in [4.78, 5) is 24.7. The number of hydrogen-bond donors (Lipinski definition) is 1. The summed E-state index contributed by atoms with van der Waals surface area (Å²) in [5.74, 6) is -0.780. The average Bonchev–Trinajstić information content (AvgIpc) is 3.04. The molecule has 2 aromatic rings. The van der Waals surface area contributed by atoms with Gasteiger partial charge in [-0.25, -0.2) is 4.79 Å². The zero-order valence-corrected chi connectivity index (χ0v) is 15.8. The Bertz CT molecular complexity index is 910. The molecule has 1 unspecified atom stereocenters. The Hall–Kier alpha value is -1.95. The number of phenolic OH excluding ortho intramolecular Hbond substituents is 1. The second-order valence-corrected chi connectivity index (χ2v) is 6.76. The van der Waals surface area contributed by atoms with Crippen LogP contribution in [0.2, 0.25) is 15.1 Å². The Kier molecular flexibility index (Phi) is 5.32. The first-order chi connectivity index (χ1) is 12.3. The smallest absolute Gasteiger partial charge is 0.347 e. The first kappa shape index (κ1) is 18.8. The topological polar surface area (TPSA) is 72.8 Å². The van der Waals surface area contributed by atoms with E-state index in [1.54, 1.807) is 13.0 Å². The summed E-state index contributed by atoms with van der Waals surface area (Å²) >= 11 is 18.4. The molecule has 0 aromatic heterocycles. The molecule has 0 bridgehead atoms. The molecule has 1 aliphatic heterocycles. The molecular weight excluding hydrogens is 403 g/mol. The van der Waals surface area contributed by atoms with Gasteiger partial charge < -0.3 is 14.6 Å². The molecule has 8 heteroatoms. The van der Waals surface area contributed by atoms with Crippen LogP contribution in [-0.2, 0) is 16.0 Å². The summed E-state index contributed by atoms with van der Waals surface area (Å²) in [6.45, 7) is 1.93. The van der Waals surface area contributed by atoms with Crippen molar-refractivity contribution in [3.05, 3.63) is 56.0 Å². The molecule has 0 aliphatic carbocycles. The van der Waals surface area contributed by atoms with Crippen LogP contribution in [0.3, 0.4) is 0 Å². The summed E-state index contributed by atoms with van der Waals surface area (Å²) in [5.41, 5.74) is 0.988. The molecule has 1 N–H and O–H groups in total. The third-order valence-corrected chi connectivity index (χ3v) is 5.06. The van der Waals surface area contributed by atoms with Crippen molar-refractivity contribution in [2.45, 2.75) is 19.4 Å². The molecule has 1 atom stereocenters. The molecule has 0 spiro atoms. The van der Waals surface area contributed by atoms with Gasteiger partial charge in [0.25, 0.3) is 0 Å². The van der Waals surface area contributed by atoms with Gasteiger partial charge in [0.05, 0.1) is 16.7 Å². The van der Waals surface area contributed by atoms with Crippen LogP contribution in [0.5, 0.6) is 11.5 Å². The Balaban J connectivity index is 1.97. The minimum atomic E-state index is -0.827. The normalized spacial score (nSPS) is 15.3. The first-order valence-corrected chi connectivity index (χ1v) is 8.84. The number of hydrogen-bond acceptors (Lipinski definition) is 5. The van der Waals surface area contributed by atoms with Crippen molar-refractivity contribution < 1.29 is 24.2 Å². The molecular formula is C18H13Cl3O5. The third-order valence-electron chi connectivity index (χ3n) is 3.91. The van der Waals surface area contributed by atoms with Gasteiger partial charge in [-0.05, 0) is 31.2 Å². The van der Waals surface area contributed by atoms with E-state index in [0.717, 1.165) is 0 Å². The maximum atomic E-state index is 12.8. The number of aromatic hydroxyl groups is 1. The highest BCUT2D eigenvalue weighted by Crippen LogP contribution is 2.43. The number of ketones is 1. The Morgan fingerprint density at radius 2 is 1.96 bits per heavy atom. The van der Waals surface area contributed by atoms with E-state index < -0.39 is 17.9 Å². The molecule has 2 aromatic carbocycles. The molecule has 3 rings (SSSR count). The van der Waals surface area contributed by atoms with Gasteiger partial charge in [-0.3, -0.25) is 4.79 Å².